The highest BCUT2D eigenvalue weighted by Gasteiger charge is 2.09. The normalized spacial score (nSPS) is 14.4. The van der Waals surface area contributed by atoms with Crippen LogP contribution in [0.4, 0.5) is 5.69 Å². The fraction of sp³-hybridized carbons (Fsp3) is 0.471. The van der Waals surface area contributed by atoms with Crippen LogP contribution in [0.1, 0.15) is 49.4 Å². The van der Waals surface area contributed by atoms with E-state index in [2.05, 4.69) is 11.4 Å². The molecule has 4 heteroatoms. The maximum Gasteiger partial charge on any atom is 0.251 e. The average molecular weight is 288 g/mol. The number of hydrogen-bond acceptors (Lipinski definition) is 3. The molecule has 0 saturated heterocycles. The second-order valence-electron chi connectivity index (χ2n) is 5.30. The fourth-order valence-electron chi connectivity index (χ4n) is 2.55. The molecular formula is C17H24N2O2. The smallest absolute Gasteiger partial charge is 0.251 e. The van der Waals surface area contributed by atoms with Crippen molar-refractivity contribution < 1.29 is 9.53 Å². The Hall–Kier alpha value is -1.97. The number of carbonyl (C=O) groups excluding carboxylic acids is 1. The SMILES string of the molecule is CCOc1ccc(C(=O)NCCC2=CCCCC2)cc1N. The van der Waals surface area contributed by atoms with Gasteiger partial charge in [-0.2, -0.15) is 0 Å². The minimum atomic E-state index is -0.0823. The third-order valence-electron chi connectivity index (χ3n) is 3.69. The Morgan fingerprint density at radius 1 is 1.38 bits per heavy atom. The van der Waals surface area contributed by atoms with Crippen LogP contribution >= 0.6 is 0 Å². The Morgan fingerprint density at radius 3 is 2.90 bits per heavy atom. The van der Waals surface area contributed by atoms with Gasteiger partial charge in [0.15, 0.2) is 0 Å². The predicted octanol–water partition coefficient (Wildman–Crippen LogP) is 3.29. The van der Waals surface area contributed by atoms with E-state index in [9.17, 15) is 4.79 Å². The quantitative estimate of drug-likeness (QED) is 0.623. The fourth-order valence-corrected chi connectivity index (χ4v) is 2.55. The molecule has 1 aromatic rings. The molecular weight excluding hydrogens is 264 g/mol. The summed E-state index contributed by atoms with van der Waals surface area (Å²) in [4.78, 5) is 12.1. The molecule has 1 aromatic carbocycles. The topological polar surface area (TPSA) is 64.3 Å². The van der Waals surface area contributed by atoms with Gasteiger partial charge < -0.3 is 15.8 Å². The Balaban J connectivity index is 1.85. The van der Waals surface area contributed by atoms with Crippen molar-refractivity contribution in [3.63, 3.8) is 0 Å². The van der Waals surface area contributed by atoms with E-state index in [0.717, 1.165) is 6.42 Å². The van der Waals surface area contributed by atoms with Crippen LogP contribution in [-0.4, -0.2) is 19.1 Å². The van der Waals surface area contributed by atoms with Crippen molar-refractivity contribution in [2.24, 2.45) is 0 Å². The lowest BCUT2D eigenvalue weighted by Crippen LogP contribution is -2.25. The molecule has 0 heterocycles. The minimum Gasteiger partial charge on any atom is -0.492 e. The summed E-state index contributed by atoms with van der Waals surface area (Å²) in [5, 5.41) is 2.95. The third kappa shape index (κ3) is 4.52. The lowest BCUT2D eigenvalue weighted by molar-refractivity contribution is 0.0954. The number of allylic oxidation sites excluding steroid dienone is 1. The number of benzene rings is 1. The third-order valence-corrected chi connectivity index (χ3v) is 3.69. The van der Waals surface area contributed by atoms with Crippen LogP contribution in [0.25, 0.3) is 0 Å². The number of nitrogens with two attached hydrogens (primary N) is 1. The molecule has 1 aliphatic rings. The van der Waals surface area contributed by atoms with E-state index >= 15 is 0 Å². The van der Waals surface area contributed by atoms with Crippen molar-refractivity contribution in [2.75, 3.05) is 18.9 Å². The van der Waals surface area contributed by atoms with E-state index in [1.807, 2.05) is 6.92 Å². The molecule has 0 aromatic heterocycles. The van der Waals surface area contributed by atoms with Gasteiger partial charge in [-0.05, 0) is 57.2 Å². The standard InChI is InChI=1S/C17H24N2O2/c1-2-21-16-9-8-14(12-15(16)18)17(20)19-11-10-13-6-4-3-5-7-13/h6,8-9,12H,2-5,7,10-11,18H2,1H3,(H,19,20). The van der Waals surface area contributed by atoms with Crippen LogP contribution in [0.3, 0.4) is 0 Å². The second kappa shape index (κ2) is 7.72. The summed E-state index contributed by atoms with van der Waals surface area (Å²) in [5.74, 6) is 0.544. The molecule has 0 unspecified atom stereocenters. The average Bonchev–Trinajstić information content (AvgIpc) is 2.50. The number of hydrogen-bond donors (Lipinski definition) is 2. The van der Waals surface area contributed by atoms with Crippen LogP contribution in [0.5, 0.6) is 5.75 Å². The molecule has 1 amide bonds. The first kappa shape index (κ1) is 15.4. The zero-order valence-corrected chi connectivity index (χ0v) is 12.7. The molecule has 1 aliphatic carbocycles. The monoisotopic (exact) mass is 288 g/mol. The van der Waals surface area contributed by atoms with Crippen molar-refractivity contribution in [3.8, 4) is 5.75 Å². The number of ether oxygens (including phenoxy) is 1. The van der Waals surface area contributed by atoms with E-state index in [4.69, 9.17) is 10.5 Å². The first-order valence-electron chi connectivity index (χ1n) is 7.69. The Labute approximate surface area is 126 Å². The summed E-state index contributed by atoms with van der Waals surface area (Å²) in [6, 6.07) is 5.16. The number of rotatable bonds is 6. The number of nitrogen functional groups attached to an aromatic ring is 1. The van der Waals surface area contributed by atoms with Gasteiger partial charge in [-0.1, -0.05) is 11.6 Å². The number of anilines is 1. The Morgan fingerprint density at radius 2 is 2.24 bits per heavy atom. The molecule has 114 valence electrons. The van der Waals surface area contributed by atoms with Gasteiger partial charge in [0.05, 0.1) is 12.3 Å². The summed E-state index contributed by atoms with van der Waals surface area (Å²) in [7, 11) is 0. The lowest BCUT2D eigenvalue weighted by atomic mass is 9.97. The van der Waals surface area contributed by atoms with E-state index in [1.165, 1.54) is 31.3 Å². The maximum absolute atomic E-state index is 12.1. The molecule has 4 nitrogen and oxygen atoms in total. The molecule has 0 spiro atoms. The molecule has 21 heavy (non-hydrogen) atoms. The molecule has 0 radical (unpaired) electrons. The van der Waals surface area contributed by atoms with Gasteiger partial charge in [-0.15, -0.1) is 0 Å². The van der Waals surface area contributed by atoms with Crippen molar-refractivity contribution >= 4 is 11.6 Å². The summed E-state index contributed by atoms with van der Waals surface area (Å²) in [6.45, 7) is 3.14. The van der Waals surface area contributed by atoms with Crippen LogP contribution in [0, 0.1) is 0 Å². The van der Waals surface area contributed by atoms with Gasteiger partial charge in [0.1, 0.15) is 5.75 Å². The first-order valence-corrected chi connectivity index (χ1v) is 7.69. The summed E-state index contributed by atoms with van der Waals surface area (Å²) < 4.78 is 5.37. The van der Waals surface area contributed by atoms with Crippen molar-refractivity contribution in [3.05, 3.63) is 35.4 Å². The summed E-state index contributed by atoms with van der Waals surface area (Å²) in [5.41, 5.74) is 8.42. The highest BCUT2D eigenvalue weighted by molar-refractivity contribution is 5.95. The van der Waals surface area contributed by atoms with Gasteiger partial charge in [0.2, 0.25) is 0 Å². The molecule has 0 atom stereocenters. The highest BCUT2D eigenvalue weighted by Crippen LogP contribution is 2.22. The van der Waals surface area contributed by atoms with E-state index in [0.29, 0.717) is 30.2 Å². The Bertz CT molecular complexity index is 524. The molecule has 0 fully saturated rings. The molecule has 0 aliphatic heterocycles. The maximum atomic E-state index is 12.1. The largest absolute Gasteiger partial charge is 0.492 e. The molecule has 2 rings (SSSR count). The van der Waals surface area contributed by atoms with Gasteiger partial charge in [0, 0.05) is 12.1 Å². The van der Waals surface area contributed by atoms with Gasteiger partial charge in [-0.25, -0.2) is 0 Å². The summed E-state index contributed by atoms with van der Waals surface area (Å²) >= 11 is 0. The van der Waals surface area contributed by atoms with Crippen LogP contribution in [-0.2, 0) is 0 Å². The van der Waals surface area contributed by atoms with Crippen molar-refractivity contribution in [1.29, 1.82) is 0 Å². The van der Waals surface area contributed by atoms with Crippen molar-refractivity contribution in [1.82, 2.24) is 5.32 Å². The lowest BCUT2D eigenvalue weighted by Gasteiger charge is -2.13. The van der Waals surface area contributed by atoms with Gasteiger partial charge in [-0.3, -0.25) is 4.79 Å². The van der Waals surface area contributed by atoms with E-state index in [1.54, 1.807) is 18.2 Å². The number of carbonyl (C=O) groups is 1. The first-order chi connectivity index (χ1) is 10.2. The zero-order valence-electron chi connectivity index (χ0n) is 12.7. The molecule has 0 bridgehead atoms. The van der Waals surface area contributed by atoms with Crippen LogP contribution < -0.4 is 15.8 Å². The number of nitrogens with one attached hydrogen (secondary N) is 1. The van der Waals surface area contributed by atoms with E-state index in [-0.39, 0.29) is 5.91 Å². The van der Waals surface area contributed by atoms with Crippen LogP contribution in [0.2, 0.25) is 0 Å². The zero-order chi connectivity index (χ0) is 15.1. The number of amides is 1. The van der Waals surface area contributed by atoms with E-state index < -0.39 is 0 Å². The van der Waals surface area contributed by atoms with Crippen molar-refractivity contribution in [2.45, 2.75) is 39.0 Å². The van der Waals surface area contributed by atoms with Crippen LogP contribution in [0.15, 0.2) is 29.8 Å². The predicted molar refractivity (Wildman–Crippen MR) is 85.5 cm³/mol. The summed E-state index contributed by atoms with van der Waals surface area (Å²) in [6.07, 6.45) is 8.17. The minimum absolute atomic E-state index is 0.0823. The Kier molecular flexibility index (Phi) is 5.67. The second-order valence-corrected chi connectivity index (χ2v) is 5.30. The van der Waals surface area contributed by atoms with Gasteiger partial charge >= 0.3 is 0 Å². The highest BCUT2D eigenvalue weighted by atomic mass is 16.5. The molecule has 0 saturated carbocycles. The molecule has 3 N–H and O–H groups in total. The van der Waals surface area contributed by atoms with Gasteiger partial charge in [0.25, 0.3) is 5.91 Å².